The van der Waals surface area contributed by atoms with Gasteiger partial charge in [-0.25, -0.2) is 0 Å². The van der Waals surface area contributed by atoms with Crippen molar-refractivity contribution in [3.63, 3.8) is 0 Å². The van der Waals surface area contributed by atoms with E-state index in [9.17, 15) is 9.59 Å². The second kappa shape index (κ2) is 7.44. The zero-order chi connectivity index (χ0) is 15.4. The minimum atomic E-state index is 0.139. The zero-order valence-corrected chi connectivity index (χ0v) is 13.5. The van der Waals surface area contributed by atoms with Gasteiger partial charge in [0.2, 0.25) is 11.8 Å². The average molecular weight is 308 g/mol. The standard InChI is InChI=1S/C17H28N2O3/c20-16(12-14-4-3-11-22-13-14)18-9-5-15(6-10-18)17(21)19-7-1-2-8-19/h14-15H,1-13H2. The van der Waals surface area contributed by atoms with Crippen molar-refractivity contribution in [2.24, 2.45) is 11.8 Å². The molecule has 0 aliphatic carbocycles. The topological polar surface area (TPSA) is 49.9 Å². The number of carbonyl (C=O) groups is 2. The van der Waals surface area contributed by atoms with Crippen molar-refractivity contribution < 1.29 is 14.3 Å². The van der Waals surface area contributed by atoms with Crippen LogP contribution in [-0.2, 0) is 14.3 Å². The molecule has 0 aromatic heterocycles. The summed E-state index contributed by atoms with van der Waals surface area (Å²) in [6.07, 6.45) is 6.76. The normalized spacial score (nSPS) is 27.2. The molecule has 0 bridgehead atoms. The summed E-state index contributed by atoms with van der Waals surface area (Å²) in [5.74, 6) is 1.11. The van der Waals surface area contributed by atoms with E-state index in [4.69, 9.17) is 4.74 Å². The molecule has 0 aromatic rings. The molecule has 3 aliphatic heterocycles. The van der Waals surface area contributed by atoms with Gasteiger partial charge in [0.15, 0.2) is 0 Å². The van der Waals surface area contributed by atoms with E-state index in [-0.39, 0.29) is 11.8 Å². The quantitative estimate of drug-likeness (QED) is 0.797. The van der Waals surface area contributed by atoms with Crippen LogP contribution in [0.1, 0.15) is 44.9 Å². The summed E-state index contributed by atoms with van der Waals surface area (Å²) >= 11 is 0. The zero-order valence-electron chi connectivity index (χ0n) is 13.5. The Morgan fingerprint density at radius 1 is 0.909 bits per heavy atom. The van der Waals surface area contributed by atoms with Crippen LogP contribution in [0.3, 0.4) is 0 Å². The smallest absolute Gasteiger partial charge is 0.225 e. The number of hydrogen-bond donors (Lipinski definition) is 0. The third kappa shape index (κ3) is 3.80. The lowest BCUT2D eigenvalue weighted by Gasteiger charge is -2.34. The van der Waals surface area contributed by atoms with Crippen molar-refractivity contribution >= 4 is 11.8 Å². The Kier molecular flexibility index (Phi) is 5.34. The van der Waals surface area contributed by atoms with Crippen molar-refractivity contribution in [3.05, 3.63) is 0 Å². The van der Waals surface area contributed by atoms with Crippen molar-refractivity contribution in [2.45, 2.75) is 44.9 Å². The van der Waals surface area contributed by atoms with Crippen LogP contribution in [0.25, 0.3) is 0 Å². The third-order valence-corrected chi connectivity index (χ3v) is 5.33. The predicted molar refractivity (Wildman–Crippen MR) is 83.3 cm³/mol. The molecule has 3 rings (SSSR count). The van der Waals surface area contributed by atoms with Crippen molar-refractivity contribution in [2.75, 3.05) is 39.4 Å². The van der Waals surface area contributed by atoms with E-state index in [0.29, 0.717) is 18.2 Å². The lowest BCUT2D eigenvalue weighted by Crippen LogP contribution is -2.44. The van der Waals surface area contributed by atoms with E-state index in [1.165, 1.54) is 0 Å². The van der Waals surface area contributed by atoms with E-state index in [2.05, 4.69) is 0 Å². The molecule has 1 atom stereocenters. The molecule has 3 fully saturated rings. The van der Waals surface area contributed by atoms with Gasteiger partial charge in [-0.3, -0.25) is 9.59 Å². The molecular weight excluding hydrogens is 280 g/mol. The molecule has 1 unspecified atom stereocenters. The number of nitrogens with zero attached hydrogens (tertiary/aromatic N) is 2. The van der Waals surface area contributed by atoms with E-state index >= 15 is 0 Å². The van der Waals surface area contributed by atoms with Crippen LogP contribution in [0.4, 0.5) is 0 Å². The van der Waals surface area contributed by atoms with E-state index < -0.39 is 0 Å². The van der Waals surface area contributed by atoms with Crippen LogP contribution in [0.5, 0.6) is 0 Å². The molecule has 3 aliphatic rings. The number of carbonyl (C=O) groups excluding carboxylic acids is 2. The molecular formula is C17H28N2O3. The maximum atomic E-state index is 12.4. The Bertz CT molecular complexity index is 393. The first-order valence-corrected chi connectivity index (χ1v) is 8.88. The molecule has 5 heteroatoms. The summed E-state index contributed by atoms with van der Waals surface area (Å²) in [5, 5.41) is 0. The highest BCUT2D eigenvalue weighted by Crippen LogP contribution is 2.24. The average Bonchev–Trinajstić information content (AvgIpc) is 3.10. The fourth-order valence-corrected chi connectivity index (χ4v) is 3.92. The van der Waals surface area contributed by atoms with Gasteiger partial charge in [-0.1, -0.05) is 0 Å². The Hall–Kier alpha value is -1.10. The Morgan fingerprint density at radius 3 is 2.27 bits per heavy atom. The number of amides is 2. The minimum Gasteiger partial charge on any atom is -0.381 e. The van der Waals surface area contributed by atoms with E-state index in [1.54, 1.807) is 0 Å². The molecule has 0 aromatic carbocycles. The van der Waals surface area contributed by atoms with Crippen LogP contribution in [0.15, 0.2) is 0 Å². The Morgan fingerprint density at radius 2 is 1.64 bits per heavy atom. The lowest BCUT2D eigenvalue weighted by molar-refractivity contribution is -0.140. The first-order chi connectivity index (χ1) is 10.7. The predicted octanol–water partition coefficient (Wildman–Crippen LogP) is 1.66. The molecule has 0 N–H and O–H groups in total. The second-order valence-corrected chi connectivity index (χ2v) is 6.97. The number of rotatable bonds is 3. The molecule has 3 heterocycles. The molecule has 2 amide bonds. The maximum absolute atomic E-state index is 12.4. The summed E-state index contributed by atoms with van der Waals surface area (Å²) in [5.41, 5.74) is 0. The highest BCUT2D eigenvalue weighted by molar-refractivity contribution is 5.80. The highest BCUT2D eigenvalue weighted by Gasteiger charge is 2.31. The first kappa shape index (κ1) is 15.8. The van der Waals surface area contributed by atoms with Gasteiger partial charge in [0.1, 0.15) is 0 Å². The van der Waals surface area contributed by atoms with Gasteiger partial charge in [0.05, 0.1) is 0 Å². The molecule has 3 saturated heterocycles. The van der Waals surface area contributed by atoms with E-state index in [1.807, 2.05) is 9.80 Å². The second-order valence-electron chi connectivity index (χ2n) is 6.97. The SMILES string of the molecule is O=C(CC1CCCOC1)N1CCC(C(=O)N2CCCC2)CC1. The molecule has 0 radical (unpaired) electrons. The van der Waals surface area contributed by atoms with Gasteiger partial charge in [-0.05, 0) is 44.4 Å². The fraction of sp³-hybridized carbons (Fsp3) is 0.882. The van der Waals surface area contributed by atoms with Gasteiger partial charge in [-0.2, -0.15) is 0 Å². The number of ether oxygens (including phenoxy) is 1. The number of piperidine rings is 1. The summed E-state index contributed by atoms with van der Waals surface area (Å²) < 4.78 is 5.45. The lowest BCUT2D eigenvalue weighted by atomic mass is 9.93. The van der Waals surface area contributed by atoms with Crippen molar-refractivity contribution in [1.29, 1.82) is 0 Å². The van der Waals surface area contributed by atoms with Crippen molar-refractivity contribution in [3.8, 4) is 0 Å². The van der Waals surface area contributed by atoms with Crippen LogP contribution in [0, 0.1) is 11.8 Å². The number of hydrogen-bond acceptors (Lipinski definition) is 3. The van der Waals surface area contributed by atoms with Gasteiger partial charge < -0.3 is 14.5 Å². The highest BCUT2D eigenvalue weighted by atomic mass is 16.5. The maximum Gasteiger partial charge on any atom is 0.225 e. The van der Waals surface area contributed by atoms with E-state index in [0.717, 1.165) is 77.9 Å². The summed E-state index contributed by atoms with van der Waals surface area (Å²) in [4.78, 5) is 28.7. The molecule has 124 valence electrons. The third-order valence-electron chi connectivity index (χ3n) is 5.33. The van der Waals surface area contributed by atoms with Gasteiger partial charge in [0, 0.05) is 51.7 Å². The van der Waals surface area contributed by atoms with Gasteiger partial charge in [-0.15, -0.1) is 0 Å². The van der Waals surface area contributed by atoms with Gasteiger partial charge in [0.25, 0.3) is 0 Å². The molecule has 0 saturated carbocycles. The Labute approximate surface area is 133 Å². The molecule has 0 spiro atoms. The van der Waals surface area contributed by atoms with Crippen molar-refractivity contribution in [1.82, 2.24) is 9.80 Å². The van der Waals surface area contributed by atoms with Gasteiger partial charge >= 0.3 is 0 Å². The van der Waals surface area contributed by atoms with Crippen LogP contribution < -0.4 is 0 Å². The molecule has 5 nitrogen and oxygen atoms in total. The fourth-order valence-electron chi connectivity index (χ4n) is 3.92. The summed E-state index contributed by atoms with van der Waals surface area (Å²) in [6.45, 7) is 4.93. The van der Waals surface area contributed by atoms with Crippen LogP contribution >= 0.6 is 0 Å². The monoisotopic (exact) mass is 308 g/mol. The minimum absolute atomic E-state index is 0.139. The first-order valence-electron chi connectivity index (χ1n) is 8.88. The summed E-state index contributed by atoms with van der Waals surface area (Å²) in [6, 6.07) is 0. The molecule has 22 heavy (non-hydrogen) atoms. The largest absolute Gasteiger partial charge is 0.381 e. The summed E-state index contributed by atoms with van der Waals surface area (Å²) in [7, 11) is 0. The number of likely N-dealkylation sites (tertiary alicyclic amines) is 2. The Balaban J connectivity index is 1.42. The van der Waals surface area contributed by atoms with Crippen LogP contribution in [-0.4, -0.2) is 61.0 Å². The van der Waals surface area contributed by atoms with Crippen LogP contribution in [0.2, 0.25) is 0 Å².